The summed E-state index contributed by atoms with van der Waals surface area (Å²) in [7, 11) is 0. The van der Waals surface area contributed by atoms with Crippen LogP contribution in [-0.4, -0.2) is 9.97 Å². The van der Waals surface area contributed by atoms with E-state index in [1.54, 1.807) is 36.7 Å². The van der Waals surface area contributed by atoms with Crippen molar-refractivity contribution in [3.05, 3.63) is 116 Å². The number of hydrogen-bond donors (Lipinski definition) is 2. The first kappa shape index (κ1) is 27.6. The fourth-order valence-corrected chi connectivity index (χ4v) is 2.84. The molecule has 0 spiro atoms. The molecule has 35 heavy (non-hydrogen) atoms. The lowest BCUT2D eigenvalue weighted by molar-refractivity contribution is 0.624. The van der Waals surface area contributed by atoms with Crippen LogP contribution in [0.3, 0.4) is 0 Å². The maximum Gasteiger partial charge on any atom is 0.138 e. The van der Waals surface area contributed by atoms with Crippen molar-refractivity contribution in [2.24, 2.45) is 0 Å². The van der Waals surface area contributed by atoms with Crippen LogP contribution >= 0.6 is 39.1 Å². The highest BCUT2D eigenvalue weighted by Crippen LogP contribution is 2.15. The highest BCUT2D eigenvalue weighted by atomic mass is 79.9. The molecule has 0 bridgehead atoms. The van der Waals surface area contributed by atoms with Gasteiger partial charge in [-0.05, 0) is 82.5 Å². The Hall–Kier alpha value is -3.62. The van der Waals surface area contributed by atoms with Crippen LogP contribution in [0.4, 0.5) is 20.2 Å². The number of anilines is 2. The number of halogens is 5. The largest absolute Gasteiger partial charge is 0.397 e. The average molecular weight is 574 g/mol. The zero-order chi connectivity index (χ0) is 25.8. The Balaban J connectivity index is 0.000000204. The first-order valence-corrected chi connectivity index (χ1v) is 11.2. The Kier molecular flexibility index (Phi) is 11.0. The summed E-state index contributed by atoms with van der Waals surface area (Å²) >= 11 is 14.4. The second kappa shape index (κ2) is 13.9. The van der Waals surface area contributed by atoms with Crippen molar-refractivity contribution >= 4 is 50.5 Å². The lowest BCUT2D eigenvalue weighted by Gasteiger charge is -1.96. The predicted octanol–water partition coefficient (Wildman–Crippen LogP) is 6.74. The molecule has 0 aliphatic carbocycles. The third kappa shape index (κ3) is 9.27. The maximum absolute atomic E-state index is 13.4. The molecule has 4 N–H and O–H groups in total. The summed E-state index contributed by atoms with van der Waals surface area (Å²) in [5, 5.41) is 0.888. The minimum Gasteiger partial charge on any atom is -0.397 e. The zero-order valence-electron chi connectivity index (χ0n) is 17.9. The van der Waals surface area contributed by atoms with Crippen molar-refractivity contribution in [2.75, 3.05) is 11.5 Å². The van der Waals surface area contributed by atoms with Crippen LogP contribution in [0.5, 0.6) is 0 Å². The number of aromatic nitrogens is 2. The van der Waals surface area contributed by atoms with Gasteiger partial charge in [0, 0.05) is 22.4 Å². The standard InChI is InChI=1S/C13H8ClFN2.C8H4ClF.C5H5BrN2/c14-10-4-5-11(15)9(8-10)3-6-13-12(16)2-1-7-17-13;1-2-6-5-7(9)3-4-8(6)10;6-5-4(7)2-1-3-8-5/h1-2,4-5,7-8H,16H2;1,3-5H;1-3H,7H2. The number of hydrogen-bond acceptors (Lipinski definition) is 4. The van der Waals surface area contributed by atoms with E-state index in [2.05, 4.69) is 43.7 Å². The van der Waals surface area contributed by atoms with Gasteiger partial charge < -0.3 is 11.5 Å². The van der Waals surface area contributed by atoms with E-state index in [1.165, 1.54) is 36.4 Å². The van der Waals surface area contributed by atoms with Gasteiger partial charge in [-0.1, -0.05) is 35.0 Å². The van der Waals surface area contributed by atoms with E-state index in [4.69, 9.17) is 41.1 Å². The Bertz CT molecular complexity index is 1390. The molecule has 0 unspecified atom stereocenters. The van der Waals surface area contributed by atoms with Crippen LogP contribution in [0.1, 0.15) is 16.8 Å². The normalized spacial score (nSPS) is 9.26. The van der Waals surface area contributed by atoms with Crippen LogP contribution in [0.2, 0.25) is 10.0 Å². The SMILES string of the molecule is C#Cc1cc(Cl)ccc1F.Nc1cccnc1Br.Nc1cccnc1C#Cc1cc(Cl)ccc1F. The number of pyridine rings is 2. The van der Waals surface area contributed by atoms with E-state index in [0.29, 0.717) is 31.7 Å². The summed E-state index contributed by atoms with van der Waals surface area (Å²) in [4.78, 5) is 7.86. The molecule has 2 aromatic carbocycles. The van der Waals surface area contributed by atoms with E-state index in [0.717, 1.165) is 0 Å². The van der Waals surface area contributed by atoms with Crippen LogP contribution in [-0.2, 0) is 0 Å². The minimum absolute atomic E-state index is 0.201. The van der Waals surface area contributed by atoms with Gasteiger partial charge in [-0.25, -0.2) is 18.7 Å². The lowest BCUT2D eigenvalue weighted by Crippen LogP contribution is -1.92. The first-order valence-electron chi connectivity index (χ1n) is 9.66. The number of rotatable bonds is 0. The van der Waals surface area contributed by atoms with E-state index in [-0.39, 0.29) is 11.1 Å². The molecule has 176 valence electrons. The van der Waals surface area contributed by atoms with Gasteiger partial charge in [-0.15, -0.1) is 6.42 Å². The summed E-state index contributed by atoms with van der Waals surface area (Å²) in [5.74, 6) is 6.72. The number of nitrogen functional groups attached to an aromatic ring is 2. The van der Waals surface area contributed by atoms with Crippen LogP contribution in [0.25, 0.3) is 0 Å². The van der Waals surface area contributed by atoms with Gasteiger partial charge in [0.05, 0.1) is 22.5 Å². The van der Waals surface area contributed by atoms with E-state index in [9.17, 15) is 8.78 Å². The summed E-state index contributed by atoms with van der Waals surface area (Å²) < 4.78 is 26.6. The molecule has 0 saturated heterocycles. The van der Waals surface area contributed by atoms with Crippen molar-refractivity contribution in [1.82, 2.24) is 9.97 Å². The van der Waals surface area contributed by atoms with Gasteiger partial charge in [0.2, 0.25) is 0 Å². The Morgan fingerprint density at radius 1 is 0.771 bits per heavy atom. The number of terminal acetylenes is 1. The number of benzene rings is 2. The van der Waals surface area contributed by atoms with Crippen molar-refractivity contribution < 1.29 is 8.78 Å². The smallest absolute Gasteiger partial charge is 0.138 e. The molecule has 4 aromatic rings. The quantitative estimate of drug-likeness (QED) is 0.180. The van der Waals surface area contributed by atoms with Crippen molar-refractivity contribution in [3.63, 3.8) is 0 Å². The molecule has 0 saturated carbocycles. The van der Waals surface area contributed by atoms with E-state index >= 15 is 0 Å². The summed E-state index contributed by atoms with van der Waals surface area (Å²) in [6, 6.07) is 15.3. The van der Waals surface area contributed by atoms with Gasteiger partial charge in [-0.3, -0.25) is 0 Å². The van der Waals surface area contributed by atoms with E-state index < -0.39 is 11.6 Å². The molecule has 0 atom stereocenters. The topological polar surface area (TPSA) is 77.8 Å². The molecule has 4 rings (SSSR count). The number of nitrogens with zero attached hydrogens (tertiary/aromatic N) is 2. The Morgan fingerprint density at radius 2 is 1.31 bits per heavy atom. The monoisotopic (exact) mass is 572 g/mol. The molecule has 9 heteroatoms. The van der Waals surface area contributed by atoms with Crippen molar-refractivity contribution in [1.29, 1.82) is 0 Å². The molecule has 0 radical (unpaired) electrons. The van der Waals surface area contributed by atoms with Gasteiger partial charge >= 0.3 is 0 Å². The zero-order valence-corrected chi connectivity index (χ0v) is 21.0. The number of nitrogens with two attached hydrogens (primary N) is 2. The Morgan fingerprint density at radius 3 is 1.80 bits per heavy atom. The fourth-order valence-electron chi connectivity index (χ4n) is 2.25. The fraction of sp³-hybridized carbons (Fsp3) is 0. The average Bonchev–Trinajstić information content (AvgIpc) is 2.85. The van der Waals surface area contributed by atoms with Crippen LogP contribution in [0, 0.1) is 35.8 Å². The summed E-state index contributed by atoms with van der Waals surface area (Å²) in [6.07, 6.45) is 8.23. The molecular formula is C26H17BrCl2F2N4. The molecule has 4 nitrogen and oxygen atoms in total. The highest BCUT2D eigenvalue weighted by molar-refractivity contribution is 9.10. The van der Waals surface area contributed by atoms with Gasteiger partial charge in [0.15, 0.2) is 0 Å². The summed E-state index contributed by atoms with van der Waals surface area (Å²) in [6.45, 7) is 0. The van der Waals surface area contributed by atoms with Crippen molar-refractivity contribution in [2.45, 2.75) is 0 Å². The molecule has 0 aliphatic heterocycles. The molecular weight excluding hydrogens is 557 g/mol. The third-order valence-corrected chi connectivity index (χ3v) is 5.09. The Labute approximate surface area is 220 Å². The molecule has 0 fully saturated rings. The van der Waals surface area contributed by atoms with Gasteiger partial charge in [-0.2, -0.15) is 0 Å². The lowest BCUT2D eigenvalue weighted by atomic mass is 10.2. The second-order valence-electron chi connectivity index (χ2n) is 6.47. The summed E-state index contributed by atoms with van der Waals surface area (Å²) in [5.41, 5.74) is 13.1. The minimum atomic E-state index is -0.420. The maximum atomic E-state index is 13.4. The molecule has 2 aromatic heterocycles. The third-order valence-electron chi connectivity index (χ3n) is 3.95. The van der Waals surface area contributed by atoms with E-state index in [1.807, 2.05) is 0 Å². The van der Waals surface area contributed by atoms with Gasteiger partial charge in [0.1, 0.15) is 21.9 Å². The predicted molar refractivity (Wildman–Crippen MR) is 142 cm³/mol. The molecule has 2 heterocycles. The first-order chi connectivity index (χ1) is 16.7. The molecule has 0 aliphatic rings. The second-order valence-corrected chi connectivity index (χ2v) is 8.09. The molecule has 0 amide bonds. The van der Waals surface area contributed by atoms with Crippen molar-refractivity contribution in [3.8, 4) is 24.2 Å². The van der Waals surface area contributed by atoms with Crippen LogP contribution in [0.15, 0.2) is 77.7 Å². The van der Waals surface area contributed by atoms with Gasteiger partial charge in [0.25, 0.3) is 0 Å². The highest BCUT2D eigenvalue weighted by Gasteiger charge is 2.00. The van der Waals surface area contributed by atoms with Crippen LogP contribution < -0.4 is 11.5 Å².